The first-order chi connectivity index (χ1) is 6.24. The van der Waals surface area contributed by atoms with Crippen molar-refractivity contribution in [2.45, 2.75) is 6.42 Å². The molecule has 13 heavy (non-hydrogen) atoms. The Bertz CT molecular complexity index is 297. The normalized spacial score (nSPS) is 9.62. The maximum absolute atomic E-state index is 12.7. The Morgan fingerprint density at radius 1 is 1.54 bits per heavy atom. The molecule has 0 aliphatic heterocycles. The van der Waals surface area contributed by atoms with Crippen LogP contribution >= 0.6 is 0 Å². The van der Waals surface area contributed by atoms with Gasteiger partial charge in [0.15, 0.2) is 0 Å². The van der Waals surface area contributed by atoms with Crippen LogP contribution in [0.5, 0.6) is 0 Å². The number of rotatable bonds is 4. The minimum absolute atomic E-state index is 0.282. The van der Waals surface area contributed by atoms with Gasteiger partial charge in [-0.25, -0.2) is 4.39 Å². The van der Waals surface area contributed by atoms with E-state index in [0.29, 0.717) is 11.4 Å². The predicted molar refractivity (Wildman–Crippen MR) is 54.1 cm³/mol. The Morgan fingerprint density at radius 3 is 3.00 bits per heavy atom. The van der Waals surface area contributed by atoms with Gasteiger partial charge in [0, 0.05) is 6.54 Å². The first-order valence-electron chi connectivity index (χ1n) is 4.14. The summed E-state index contributed by atoms with van der Waals surface area (Å²) in [6, 6.07) is 4.28. The van der Waals surface area contributed by atoms with Crippen LogP contribution in [-0.4, -0.2) is 6.54 Å². The lowest BCUT2D eigenvalue weighted by Crippen LogP contribution is -2.03. The summed E-state index contributed by atoms with van der Waals surface area (Å²) in [5.41, 5.74) is 6.82. The van der Waals surface area contributed by atoms with Crippen LogP contribution in [0.3, 0.4) is 0 Å². The summed E-state index contributed by atoms with van der Waals surface area (Å²) in [5.74, 6) is -0.282. The zero-order valence-corrected chi connectivity index (χ0v) is 7.39. The summed E-state index contributed by atoms with van der Waals surface area (Å²) in [7, 11) is 0. The number of anilines is 2. The number of hydrogen-bond acceptors (Lipinski definition) is 2. The molecule has 70 valence electrons. The summed E-state index contributed by atoms with van der Waals surface area (Å²) < 4.78 is 12.7. The number of nitrogens with one attached hydrogen (secondary N) is 1. The fourth-order valence-electron chi connectivity index (χ4n) is 0.990. The molecule has 1 aromatic rings. The van der Waals surface area contributed by atoms with E-state index in [9.17, 15) is 4.39 Å². The van der Waals surface area contributed by atoms with Crippen molar-refractivity contribution < 1.29 is 4.39 Å². The molecule has 0 spiro atoms. The molecule has 3 heteroatoms. The quantitative estimate of drug-likeness (QED) is 0.424. The van der Waals surface area contributed by atoms with Gasteiger partial charge in [-0.2, -0.15) is 0 Å². The van der Waals surface area contributed by atoms with Gasteiger partial charge in [0.25, 0.3) is 0 Å². The lowest BCUT2D eigenvalue weighted by molar-refractivity contribution is 0.628. The van der Waals surface area contributed by atoms with Crippen LogP contribution in [0.4, 0.5) is 15.8 Å². The fraction of sp³-hybridized carbons (Fsp3) is 0.200. The molecule has 0 heterocycles. The molecule has 0 saturated heterocycles. The number of benzene rings is 1. The fourth-order valence-corrected chi connectivity index (χ4v) is 0.990. The largest absolute Gasteiger partial charge is 0.397 e. The number of nitrogen functional groups attached to an aromatic ring is 1. The monoisotopic (exact) mass is 180 g/mol. The van der Waals surface area contributed by atoms with E-state index in [-0.39, 0.29) is 5.82 Å². The summed E-state index contributed by atoms with van der Waals surface area (Å²) in [5, 5.41) is 3.02. The Kier molecular flexibility index (Phi) is 3.31. The number of nitrogens with two attached hydrogens (primary N) is 1. The molecule has 0 fully saturated rings. The highest BCUT2D eigenvalue weighted by Gasteiger charge is 1.98. The number of halogens is 1. The second-order valence-corrected chi connectivity index (χ2v) is 2.74. The minimum atomic E-state index is -0.282. The van der Waals surface area contributed by atoms with Crippen molar-refractivity contribution in [3.63, 3.8) is 0 Å². The minimum Gasteiger partial charge on any atom is -0.397 e. The molecule has 1 rings (SSSR count). The van der Waals surface area contributed by atoms with Gasteiger partial charge in [-0.1, -0.05) is 6.08 Å². The van der Waals surface area contributed by atoms with Crippen LogP contribution in [0.1, 0.15) is 6.42 Å². The molecule has 0 aromatic heterocycles. The van der Waals surface area contributed by atoms with Crippen molar-refractivity contribution >= 4 is 11.4 Å². The van der Waals surface area contributed by atoms with Crippen molar-refractivity contribution in [2.24, 2.45) is 0 Å². The van der Waals surface area contributed by atoms with Crippen LogP contribution in [0.15, 0.2) is 30.9 Å². The van der Waals surface area contributed by atoms with E-state index in [1.54, 1.807) is 12.1 Å². The van der Waals surface area contributed by atoms with Gasteiger partial charge in [0.1, 0.15) is 5.82 Å². The third-order valence-electron chi connectivity index (χ3n) is 1.68. The Labute approximate surface area is 77.3 Å². The summed E-state index contributed by atoms with van der Waals surface area (Å²) >= 11 is 0. The summed E-state index contributed by atoms with van der Waals surface area (Å²) in [6.07, 6.45) is 2.62. The Hall–Kier alpha value is -1.51. The van der Waals surface area contributed by atoms with Crippen LogP contribution in [0.2, 0.25) is 0 Å². The van der Waals surface area contributed by atoms with Gasteiger partial charge in [-0.05, 0) is 24.6 Å². The predicted octanol–water partition coefficient (Wildman–Crippen LogP) is 2.40. The lowest BCUT2D eigenvalue weighted by Gasteiger charge is -2.07. The van der Waals surface area contributed by atoms with E-state index in [1.807, 2.05) is 0 Å². The molecule has 0 amide bonds. The molecule has 0 aliphatic carbocycles. The summed E-state index contributed by atoms with van der Waals surface area (Å²) in [6.45, 7) is 4.31. The highest BCUT2D eigenvalue weighted by atomic mass is 19.1. The topological polar surface area (TPSA) is 38.0 Å². The van der Waals surface area contributed by atoms with Crippen molar-refractivity contribution in [3.05, 3.63) is 36.7 Å². The van der Waals surface area contributed by atoms with E-state index in [2.05, 4.69) is 11.9 Å². The molecule has 0 bridgehead atoms. The van der Waals surface area contributed by atoms with Gasteiger partial charge in [-0.3, -0.25) is 0 Å². The SMILES string of the molecule is C=CCCNc1cc(F)ccc1N. The van der Waals surface area contributed by atoms with Crippen LogP contribution in [0.25, 0.3) is 0 Å². The Balaban J connectivity index is 2.64. The first-order valence-corrected chi connectivity index (χ1v) is 4.14. The Morgan fingerprint density at radius 2 is 2.31 bits per heavy atom. The van der Waals surface area contributed by atoms with Crippen LogP contribution < -0.4 is 11.1 Å². The summed E-state index contributed by atoms with van der Waals surface area (Å²) in [4.78, 5) is 0. The molecule has 2 nitrogen and oxygen atoms in total. The van der Waals surface area contributed by atoms with Gasteiger partial charge in [0.2, 0.25) is 0 Å². The molecule has 0 radical (unpaired) electrons. The van der Waals surface area contributed by atoms with E-state index in [0.717, 1.165) is 13.0 Å². The third kappa shape index (κ3) is 2.78. The van der Waals surface area contributed by atoms with Crippen LogP contribution in [-0.2, 0) is 0 Å². The van der Waals surface area contributed by atoms with E-state index >= 15 is 0 Å². The third-order valence-corrected chi connectivity index (χ3v) is 1.68. The average Bonchev–Trinajstić information content (AvgIpc) is 2.11. The maximum atomic E-state index is 12.7. The van der Waals surface area contributed by atoms with Gasteiger partial charge >= 0.3 is 0 Å². The smallest absolute Gasteiger partial charge is 0.125 e. The van der Waals surface area contributed by atoms with Crippen molar-refractivity contribution in [2.75, 3.05) is 17.6 Å². The van der Waals surface area contributed by atoms with Crippen molar-refractivity contribution in [1.82, 2.24) is 0 Å². The highest BCUT2D eigenvalue weighted by molar-refractivity contribution is 5.65. The first kappa shape index (κ1) is 9.58. The van der Waals surface area contributed by atoms with Gasteiger partial charge < -0.3 is 11.1 Å². The van der Waals surface area contributed by atoms with Gasteiger partial charge in [0.05, 0.1) is 11.4 Å². The van der Waals surface area contributed by atoms with Gasteiger partial charge in [-0.15, -0.1) is 6.58 Å². The molecular formula is C10H13FN2. The second kappa shape index (κ2) is 4.50. The lowest BCUT2D eigenvalue weighted by atomic mass is 10.2. The second-order valence-electron chi connectivity index (χ2n) is 2.74. The maximum Gasteiger partial charge on any atom is 0.125 e. The number of hydrogen-bond donors (Lipinski definition) is 2. The molecule has 0 saturated carbocycles. The van der Waals surface area contributed by atoms with Crippen molar-refractivity contribution in [1.29, 1.82) is 0 Å². The molecule has 1 aromatic carbocycles. The molecule has 0 aliphatic rings. The zero-order valence-electron chi connectivity index (χ0n) is 7.39. The molecule has 0 unspecified atom stereocenters. The standard InChI is InChI=1S/C10H13FN2/c1-2-3-6-13-10-7-8(11)4-5-9(10)12/h2,4-5,7,13H,1,3,6,12H2. The average molecular weight is 180 g/mol. The van der Waals surface area contributed by atoms with E-state index in [4.69, 9.17) is 5.73 Å². The zero-order chi connectivity index (χ0) is 9.68. The van der Waals surface area contributed by atoms with Crippen molar-refractivity contribution in [3.8, 4) is 0 Å². The van der Waals surface area contributed by atoms with Crippen LogP contribution in [0, 0.1) is 5.82 Å². The van der Waals surface area contributed by atoms with E-state index in [1.165, 1.54) is 12.1 Å². The molecule has 0 atom stereocenters. The van der Waals surface area contributed by atoms with E-state index < -0.39 is 0 Å². The highest BCUT2D eigenvalue weighted by Crippen LogP contribution is 2.18. The molecular weight excluding hydrogens is 167 g/mol. The molecule has 3 N–H and O–H groups in total.